The van der Waals surface area contributed by atoms with Gasteiger partial charge in [-0.15, -0.1) is 0 Å². The largest absolute Gasteiger partial charge is 0.355 e. The first-order chi connectivity index (χ1) is 11.6. The predicted octanol–water partition coefficient (Wildman–Crippen LogP) is 2.91. The number of Topliss-reactive ketones (excluding diaryl/α,β-unsaturated/α-hetero) is 2. The standard InChI is InChI=1S/C19H22ClFN2O2/c1-10-17(13(4)24)11(2)22-18(10)19(25)12(3)23(5)9-14-15(20)7-6-8-16(14)21/h6-8,12,22H,9H2,1-5H3/p+1/t12-/m1/s1. The molecule has 2 rings (SSSR count). The molecule has 6 heteroatoms. The van der Waals surface area contributed by atoms with Crippen molar-refractivity contribution < 1.29 is 18.9 Å². The van der Waals surface area contributed by atoms with Gasteiger partial charge in [0.25, 0.3) is 0 Å². The molecule has 2 aromatic rings. The second-order valence-electron chi connectivity index (χ2n) is 6.49. The van der Waals surface area contributed by atoms with Crippen LogP contribution in [0.25, 0.3) is 0 Å². The molecule has 1 aromatic heterocycles. The fourth-order valence-electron chi connectivity index (χ4n) is 3.10. The van der Waals surface area contributed by atoms with Crippen LogP contribution in [0, 0.1) is 19.7 Å². The molecule has 2 atom stereocenters. The lowest BCUT2D eigenvalue weighted by Crippen LogP contribution is -3.12. The third-order valence-electron chi connectivity index (χ3n) is 4.69. The Morgan fingerprint density at radius 1 is 1.32 bits per heavy atom. The number of carbonyl (C=O) groups is 2. The molecular formula is C19H23ClFN2O2+. The third-order valence-corrected chi connectivity index (χ3v) is 5.04. The first-order valence-electron chi connectivity index (χ1n) is 8.14. The number of hydrogen-bond acceptors (Lipinski definition) is 2. The van der Waals surface area contributed by atoms with Crippen LogP contribution in [0.5, 0.6) is 0 Å². The van der Waals surface area contributed by atoms with Gasteiger partial charge in [0, 0.05) is 11.3 Å². The minimum Gasteiger partial charge on any atom is -0.355 e. The van der Waals surface area contributed by atoms with Gasteiger partial charge in [0.15, 0.2) is 11.8 Å². The molecule has 4 nitrogen and oxygen atoms in total. The van der Waals surface area contributed by atoms with Gasteiger partial charge in [-0.05, 0) is 45.4 Å². The lowest BCUT2D eigenvalue weighted by molar-refractivity contribution is -0.907. The highest BCUT2D eigenvalue weighted by Gasteiger charge is 2.29. The molecular weight excluding hydrogens is 343 g/mol. The highest BCUT2D eigenvalue weighted by Crippen LogP contribution is 2.20. The number of H-pyrrole nitrogens is 1. The minimum absolute atomic E-state index is 0.0724. The molecule has 134 valence electrons. The Morgan fingerprint density at radius 3 is 2.48 bits per heavy atom. The van der Waals surface area contributed by atoms with Crippen molar-refractivity contribution in [3.63, 3.8) is 0 Å². The molecule has 25 heavy (non-hydrogen) atoms. The van der Waals surface area contributed by atoms with Crippen molar-refractivity contribution in [2.24, 2.45) is 0 Å². The zero-order valence-corrected chi connectivity index (χ0v) is 15.8. The van der Waals surface area contributed by atoms with Crippen LogP contribution in [0.4, 0.5) is 4.39 Å². The average molecular weight is 366 g/mol. The molecule has 1 unspecified atom stereocenters. The summed E-state index contributed by atoms with van der Waals surface area (Å²) in [6.45, 7) is 7.11. The van der Waals surface area contributed by atoms with E-state index < -0.39 is 6.04 Å². The first kappa shape index (κ1) is 19.3. The molecule has 0 radical (unpaired) electrons. The van der Waals surface area contributed by atoms with E-state index in [4.69, 9.17) is 11.6 Å². The normalized spacial score (nSPS) is 13.6. The number of quaternary nitrogens is 1. The van der Waals surface area contributed by atoms with Crippen LogP contribution in [0.3, 0.4) is 0 Å². The van der Waals surface area contributed by atoms with Crippen LogP contribution in [0.2, 0.25) is 5.02 Å². The Labute approximate surface area is 152 Å². The van der Waals surface area contributed by atoms with E-state index in [2.05, 4.69) is 4.98 Å². The van der Waals surface area contributed by atoms with E-state index in [0.717, 1.165) is 4.90 Å². The summed E-state index contributed by atoms with van der Waals surface area (Å²) in [5, 5.41) is 0.352. The van der Waals surface area contributed by atoms with Gasteiger partial charge < -0.3 is 9.88 Å². The molecule has 1 heterocycles. The molecule has 0 fully saturated rings. The van der Waals surface area contributed by atoms with Gasteiger partial charge in [-0.1, -0.05) is 17.7 Å². The van der Waals surface area contributed by atoms with Crippen molar-refractivity contribution in [1.82, 2.24) is 4.98 Å². The van der Waals surface area contributed by atoms with E-state index in [1.54, 1.807) is 32.9 Å². The molecule has 0 aliphatic rings. The van der Waals surface area contributed by atoms with Gasteiger partial charge in [-0.25, -0.2) is 4.39 Å². The molecule has 2 N–H and O–H groups in total. The molecule has 0 amide bonds. The summed E-state index contributed by atoms with van der Waals surface area (Å²) < 4.78 is 14.0. The molecule has 0 aliphatic carbocycles. The summed E-state index contributed by atoms with van der Waals surface area (Å²) in [4.78, 5) is 28.5. The van der Waals surface area contributed by atoms with E-state index in [0.29, 0.717) is 33.1 Å². The summed E-state index contributed by atoms with van der Waals surface area (Å²) >= 11 is 6.08. The number of rotatable bonds is 6. The highest BCUT2D eigenvalue weighted by molar-refractivity contribution is 6.31. The maximum absolute atomic E-state index is 14.0. The molecule has 0 saturated carbocycles. The fraction of sp³-hybridized carbons (Fsp3) is 0.368. The Morgan fingerprint density at radius 2 is 1.96 bits per heavy atom. The molecule has 1 aromatic carbocycles. The second kappa shape index (κ2) is 7.50. The maximum atomic E-state index is 14.0. The summed E-state index contributed by atoms with van der Waals surface area (Å²) in [5.41, 5.74) is 2.75. The van der Waals surface area contributed by atoms with Gasteiger partial charge in [0.2, 0.25) is 5.78 Å². The number of halogens is 2. The lowest BCUT2D eigenvalue weighted by Gasteiger charge is -2.21. The smallest absolute Gasteiger partial charge is 0.235 e. The SMILES string of the molecule is CC(=O)c1c(C)[nH]c(C(=O)[C@@H](C)[NH+](C)Cc2c(F)cccc2Cl)c1C. The predicted molar refractivity (Wildman–Crippen MR) is 96.1 cm³/mol. The monoisotopic (exact) mass is 365 g/mol. The van der Waals surface area contributed by atoms with Crippen molar-refractivity contribution in [2.45, 2.75) is 40.3 Å². The number of likely N-dealkylation sites (N-methyl/N-ethyl adjacent to an activating group) is 1. The number of ketones is 2. The van der Waals surface area contributed by atoms with Crippen molar-refractivity contribution >= 4 is 23.2 Å². The van der Waals surface area contributed by atoms with E-state index in [1.165, 1.54) is 13.0 Å². The summed E-state index contributed by atoms with van der Waals surface area (Å²) in [6.07, 6.45) is 0. The first-order valence-corrected chi connectivity index (χ1v) is 8.52. The number of nitrogens with one attached hydrogen (secondary N) is 2. The van der Waals surface area contributed by atoms with Crippen LogP contribution in [0.15, 0.2) is 18.2 Å². The second-order valence-corrected chi connectivity index (χ2v) is 6.90. The van der Waals surface area contributed by atoms with Crippen molar-refractivity contribution in [2.75, 3.05) is 7.05 Å². The quantitative estimate of drug-likeness (QED) is 0.773. The number of aromatic nitrogens is 1. The van der Waals surface area contributed by atoms with E-state index in [1.807, 2.05) is 7.05 Å². The lowest BCUT2D eigenvalue weighted by atomic mass is 10.0. The average Bonchev–Trinajstić information content (AvgIpc) is 2.84. The van der Waals surface area contributed by atoms with Crippen LogP contribution < -0.4 is 4.90 Å². The Balaban J connectivity index is 2.25. The van der Waals surface area contributed by atoms with E-state index in [-0.39, 0.29) is 23.9 Å². The topological polar surface area (TPSA) is 54.4 Å². The zero-order valence-electron chi connectivity index (χ0n) is 15.1. The van der Waals surface area contributed by atoms with Gasteiger partial charge in [0.05, 0.1) is 23.3 Å². The van der Waals surface area contributed by atoms with Crippen LogP contribution >= 0.6 is 11.6 Å². The fourth-order valence-corrected chi connectivity index (χ4v) is 3.33. The van der Waals surface area contributed by atoms with Crippen LogP contribution in [0.1, 0.15) is 51.5 Å². The van der Waals surface area contributed by atoms with E-state index in [9.17, 15) is 14.0 Å². The number of aromatic amines is 1. The summed E-state index contributed by atoms with van der Waals surface area (Å²) in [7, 11) is 1.82. The van der Waals surface area contributed by atoms with Gasteiger partial charge in [-0.2, -0.15) is 0 Å². The summed E-state index contributed by atoms with van der Waals surface area (Å²) in [6, 6.07) is 4.13. The Hall–Kier alpha value is -1.98. The van der Waals surface area contributed by atoms with E-state index >= 15 is 0 Å². The molecule has 0 bridgehead atoms. The molecule has 0 saturated heterocycles. The van der Waals surface area contributed by atoms with Gasteiger partial charge in [0.1, 0.15) is 12.4 Å². The third kappa shape index (κ3) is 3.83. The summed E-state index contributed by atoms with van der Waals surface area (Å²) in [5.74, 6) is -0.563. The number of benzene rings is 1. The Kier molecular flexibility index (Phi) is 5.80. The number of hydrogen-bond donors (Lipinski definition) is 2. The minimum atomic E-state index is -0.424. The number of carbonyl (C=O) groups excluding carboxylic acids is 2. The maximum Gasteiger partial charge on any atom is 0.235 e. The Bertz CT molecular complexity index is 809. The van der Waals surface area contributed by atoms with Crippen molar-refractivity contribution in [3.05, 3.63) is 57.1 Å². The molecule has 0 aliphatic heterocycles. The highest BCUT2D eigenvalue weighted by atomic mass is 35.5. The van der Waals surface area contributed by atoms with Crippen molar-refractivity contribution in [1.29, 1.82) is 0 Å². The van der Waals surface area contributed by atoms with Gasteiger partial charge >= 0.3 is 0 Å². The van der Waals surface area contributed by atoms with Crippen molar-refractivity contribution in [3.8, 4) is 0 Å². The van der Waals surface area contributed by atoms with Crippen LogP contribution in [-0.4, -0.2) is 29.6 Å². The zero-order chi connectivity index (χ0) is 18.9. The molecule has 0 spiro atoms. The number of aryl methyl sites for hydroxylation is 1. The van der Waals surface area contributed by atoms with Gasteiger partial charge in [-0.3, -0.25) is 9.59 Å². The van der Waals surface area contributed by atoms with Crippen LogP contribution in [-0.2, 0) is 6.54 Å².